The molecule has 1 aromatic carbocycles. The number of nitrogens with one attached hydrogen (secondary N) is 2. The molecule has 4 nitrogen and oxygen atoms in total. The van der Waals surface area contributed by atoms with Crippen LogP contribution in [0.4, 0.5) is 5.69 Å². The van der Waals surface area contributed by atoms with Gasteiger partial charge in [-0.05, 0) is 17.5 Å². The predicted octanol–water partition coefficient (Wildman–Crippen LogP) is 1.79. The van der Waals surface area contributed by atoms with Gasteiger partial charge in [0.2, 0.25) is 5.91 Å². The molecule has 0 saturated carbocycles. The number of amides is 1. The highest BCUT2D eigenvalue weighted by Gasteiger charge is 2.16. The van der Waals surface area contributed by atoms with Gasteiger partial charge in [0.25, 0.3) is 0 Å². The Kier molecular flexibility index (Phi) is 6.82. The van der Waals surface area contributed by atoms with E-state index < -0.39 is 0 Å². The zero-order valence-electron chi connectivity index (χ0n) is 12.2. The van der Waals surface area contributed by atoms with Gasteiger partial charge in [-0.25, -0.2) is 0 Å². The van der Waals surface area contributed by atoms with E-state index in [1.807, 2.05) is 12.1 Å². The Labute approximate surface area is 127 Å². The number of rotatable bonds is 4. The molecule has 0 unspecified atom stereocenters. The minimum absolute atomic E-state index is 0. The van der Waals surface area contributed by atoms with Crippen molar-refractivity contribution >= 4 is 24.0 Å². The Bertz CT molecular complexity index is 437. The number of hydrogen-bond donors (Lipinski definition) is 2. The molecular formula is C15H24ClN3O. The second-order valence-electron chi connectivity index (χ2n) is 5.42. The molecule has 2 rings (SSSR count). The molecule has 0 radical (unpaired) electrons. The van der Waals surface area contributed by atoms with Crippen molar-refractivity contribution in [3.63, 3.8) is 0 Å². The summed E-state index contributed by atoms with van der Waals surface area (Å²) in [5, 5.41) is 6.36. The molecule has 20 heavy (non-hydrogen) atoms. The fourth-order valence-electron chi connectivity index (χ4n) is 2.24. The SMILES string of the molecule is CC(C)CNC(=O)CN1CCNCc2ccccc21.Cl. The van der Waals surface area contributed by atoms with Crippen LogP contribution in [0.2, 0.25) is 0 Å². The molecule has 1 aliphatic rings. The van der Waals surface area contributed by atoms with Gasteiger partial charge in [-0.2, -0.15) is 0 Å². The Balaban J connectivity index is 0.00000200. The van der Waals surface area contributed by atoms with Crippen LogP contribution in [0, 0.1) is 5.92 Å². The molecule has 1 aliphatic heterocycles. The number of anilines is 1. The number of carbonyl (C=O) groups is 1. The summed E-state index contributed by atoms with van der Waals surface area (Å²) in [6.45, 7) is 8.04. The van der Waals surface area contributed by atoms with Crippen molar-refractivity contribution in [1.82, 2.24) is 10.6 Å². The number of benzene rings is 1. The Morgan fingerprint density at radius 3 is 2.90 bits per heavy atom. The van der Waals surface area contributed by atoms with Crippen LogP contribution < -0.4 is 15.5 Å². The fourth-order valence-corrected chi connectivity index (χ4v) is 2.24. The lowest BCUT2D eigenvalue weighted by atomic mass is 10.1. The summed E-state index contributed by atoms with van der Waals surface area (Å²) in [7, 11) is 0. The number of fused-ring (bicyclic) bond motifs is 1. The topological polar surface area (TPSA) is 44.4 Å². The van der Waals surface area contributed by atoms with Crippen LogP contribution in [-0.4, -0.2) is 32.1 Å². The van der Waals surface area contributed by atoms with E-state index >= 15 is 0 Å². The maximum atomic E-state index is 12.0. The molecule has 0 spiro atoms. The maximum absolute atomic E-state index is 12.0. The third kappa shape index (κ3) is 4.69. The largest absolute Gasteiger partial charge is 0.361 e. The number of nitrogens with zero attached hydrogens (tertiary/aromatic N) is 1. The Hall–Kier alpha value is -1.26. The minimum atomic E-state index is 0. The van der Waals surface area contributed by atoms with Crippen molar-refractivity contribution in [1.29, 1.82) is 0 Å². The van der Waals surface area contributed by atoms with Gasteiger partial charge in [-0.15, -0.1) is 12.4 Å². The van der Waals surface area contributed by atoms with E-state index in [-0.39, 0.29) is 18.3 Å². The number of hydrogen-bond acceptors (Lipinski definition) is 3. The van der Waals surface area contributed by atoms with Crippen LogP contribution in [0.1, 0.15) is 19.4 Å². The number of halogens is 1. The third-order valence-corrected chi connectivity index (χ3v) is 3.25. The summed E-state index contributed by atoms with van der Waals surface area (Å²) in [6, 6.07) is 8.29. The summed E-state index contributed by atoms with van der Waals surface area (Å²) in [6.07, 6.45) is 0. The van der Waals surface area contributed by atoms with E-state index in [1.54, 1.807) is 0 Å². The maximum Gasteiger partial charge on any atom is 0.239 e. The van der Waals surface area contributed by atoms with Crippen molar-refractivity contribution in [2.45, 2.75) is 20.4 Å². The van der Waals surface area contributed by atoms with Gasteiger partial charge in [0.15, 0.2) is 0 Å². The van der Waals surface area contributed by atoms with E-state index in [2.05, 4.69) is 41.5 Å². The fraction of sp³-hybridized carbons (Fsp3) is 0.533. The van der Waals surface area contributed by atoms with Crippen LogP contribution in [0.3, 0.4) is 0 Å². The standard InChI is InChI=1S/C15H23N3O.ClH/c1-12(2)9-17-15(19)11-18-8-7-16-10-13-5-3-4-6-14(13)18;/h3-6,12,16H,7-11H2,1-2H3,(H,17,19);1H. The highest BCUT2D eigenvalue weighted by Crippen LogP contribution is 2.21. The Morgan fingerprint density at radius 2 is 2.15 bits per heavy atom. The lowest BCUT2D eigenvalue weighted by Gasteiger charge is -2.24. The molecule has 112 valence electrons. The number of carbonyl (C=O) groups excluding carboxylic acids is 1. The quantitative estimate of drug-likeness (QED) is 0.890. The molecule has 1 amide bonds. The van der Waals surface area contributed by atoms with Gasteiger partial charge in [0.05, 0.1) is 6.54 Å². The van der Waals surface area contributed by atoms with Gasteiger partial charge >= 0.3 is 0 Å². The van der Waals surface area contributed by atoms with E-state index in [1.165, 1.54) is 11.3 Å². The molecule has 0 saturated heterocycles. The van der Waals surface area contributed by atoms with Crippen LogP contribution in [0.25, 0.3) is 0 Å². The summed E-state index contributed by atoms with van der Waals surface area (Å²) < 4.78 is 0. The third-order valence-electron chi connectivity index (χ3n) is 3.25. The average molecular weight is 298 g/mol. The monoisotopic (exact) mass is 297 g/mol. The van der Waals surface area contributed by atoms with Gasteiger partial charge in [0.1, 0.15) is 0 Å². The van der Waals surface area contributed by atoms with E-state index in [4.69, 9.17) is 0 Å². The summed E-state index contributed by atoms with van der Waals surface area (Å²) in [5.41, 5.74) is 2.43. The van der Waals surface area contributed by atoms with E-state index in [9.17, 15) is 4.79 Å². The van der Waals surface area contributed by atoms with Gasteiger partial charge < -0.3 is 15.5 Å². The van der Waals surface area contributed by atoms with Crippen molar-refractivity contribution in [3.8, 4) is 0 Å². The van der Waals surface area contributed by atoms with E-state index in [0.717, 1.165) is 26.2 Å². The summed E-state index contributed by atoms with van der Waals surface area (Å²) in [5.74, 6) is 0.590. The van der Waals surface area contributed by atoms with Crippen molar-refractivity contribution in [2.24, 2.45) is 5.92 Å². The van der Waals surface area contributed by atoms with E-state index in [0.29, 0.717) is 12.5 Å². The smallest absolute Gasteiger partial charge is 0.239 e. The second kappa shape index (κ2) is 8.12. The molecule has 5 heteroatoms. The highest BCUT2D eigenvalue weighted by atomic mass is 35.5. The molecule has 0 fully saturated rings. The van der Waals surface area contributed by atoms with Crippen LogP contribution >= 0.6 is 12.4 Å². The van der Waals surface area contributed by atoms with Gasteiger partial charge in [-0.1, -0.05) is 32.0 Å². The zero-order valence-corrected chi connectivity index (χ0v) is 13.0. The van der Waals surface area contributed by atoms with Gasteiger partial charge in [0, 0.05) is 31.9 Å². The molecule has 0 bridgehead atoms. The minimum Gasteiger partial charge on any atom is -0.361 e. The lowest BCUT2D eigenvalue weighted by molar-refractivity contribution is -0.119. The first-order valence-corrected chi connectivity index (χ1v) is 6.97. The first-order chi connectivity index (χ1) is 9.16. The molecular weight excluding hydrogens is 274 g/mol. The van der Waals surface area contributed by atoms with Crippen molar-refractivity contribution in [3.05, 3.63) is 29.8 Å². The lowest BCUT2D eigenvalue weighted by Crippen LogP contribution is -2.40. The molecule has 2 N–H and O–H groups in total. The molecule has 1 heterocycles. The second-order valence-corrected chi connectivity index (χ2v) is 5.42. The average Bonchev–Trinajstić information content (AvgIpc) is 2.59. The molecule has 1 aromatic rings. The first-order valence-electron chi connectivity index (χ1n) is 6.97. The highest BCUT2D eigenvalue weighted by molar-refractivity contribution is 5.85. The number of para-hydroxylation sites is 1. The normalized spacial score (nSPS) is 14.2. The summed E-state index contributed by atoms with van der Waals surface area (Å²) >= 11 is 0. The van der Waals surface area contributed by atoms with Gasteiger partial charge in [-0.3, -0.25) is 4.79 Å². The molecule has 0 atom stereocenters. The van der Waals surface area contributed by atoms with Crippen LogP contribution in [0.5, 0.6) is 0 Å². The summed E-state index contributed by atoms with van der Waals surface area (Å²) in [4.78, 5) is 14.1. The van der Waals surface area contributed by atoms with Crippen LogP contribution in [0.15, 0.2) is 24.3 Å². The zero-order chi connectivity index (χ0) is 13.7. The van der Waals surface area contributed by atoms with Crippen molar-refractivity contribution in [2.75, 3.05) is 31.1 Å². The van der Waals surface area contributed by atoms with Crippen LogP contribution in [-0.2, 0) is 11.3 Å². The molecule has 0 aliphatic carbocycles. The molecule has 0 aromatic heterocycles. The van der Waals surface area contributed by atoms with Crippen molar-refractivity contribution < 1.29 is 4.79 Å². The first kappa shape index (κ1) is 16.8. The Morgan fingerprint density at radius 1 is 1.40 bits per heavy atom. The predicted molar refractivity (Wildman–Crippen MR) is 85.5 cm³/mol.